The zero-order chi connectivity index (χ0) is 20.6. The first-order valence-electron chi connectivity index (χ1n) is 10.1. The lowest BCUT2D eigenvalue weighted by Gasteiger charge is -2.46. The third-order valence-electron chi connectivity index (χ3n) is 6.23. The van der Waals surface area contributed by atoms with E-state index in [2.05, 4.69) is 26.0 Å². The highest BCUT2D eigenvalue weighted by Crippen LogP contribution is 2.44. The number of nitrogens with zero attached hydrogens (tertiary/aromatic N) is 1. The van der Waals surface area contributed by atoms with Crippen LogP contribution in [0.2, 0.25) is 0 Å². The smallest absolute Gasteiger partial charge is 0.261 e. The minimum atomic E-state index is -0.264. The maximum atomic E-state index is 12.8. The number of benzene rings is 2. The molecule has 0 aliphatic carbocycles. The van der Waals surface area contributed by atoms with Crippen LogP contribution in [0.4, 0.5) is 0 Å². The van der Waals surface area contributed by atoms with Crippen LogP contribution >= 0.6 is 0 Å². The minimum Gasteiger partial charge on any atom is -0.497 e. The van der Waals surface area contributed by atoms with Gasteiger partial charge in [-0.1, -0.05) is 24.3 Å². The number of methoxy groups -OCH3 is 1. The van der Waals surface area contributed by atoms with Gasteiger partial charge in [0.15, 0.2) is 0 Å². The van der Waals surface area contributed by atoms with Crippen LogP contribution in [0.15, 0.2) is 48.5 Å². The van der Waals surface area contributed by atoms with Gasteiger partial charge in [-0.3, -0.25) is 14.5 Å². The van der Waals surface area contributed by atoms with Crippen molar-refractivity contribution < 1.29 is 19.1 Å². The van der Waals surface area contributed by atoms with Crippen molar-refractivity contribution in [1.29, 1.82) is 0 Å². The van der Waals surface area contributed by atoms with Crippen molar-refractivity contribution in [2.24, 2.45) is 0 Å². The second kappa shape index (κ2) is 7.30. The molecule has 0 saturated carbocycles. The van der Waals surface area contributed by atoms with E-state index < -0.39 is 0 Å². The number of amides is 2. The summed E-state index contributed by atoms with van der Waals surface area (Å²) < 4.78 is 11.3. The van der Waals surface area contributed by atoms with Crippen molar-refractivity contribution in [2.45, 2.75) is 44.1 Å². The molecule has 1 atom stereocenters. The first-order chi connectivity index (χ1) is 13.9. The first kappa shape index (κ1) is 19.6. The third kappa shape index (κ3) is 3.55. The number of hydrogen-bond donors (Lipinski definition) is 0. The molecular weight excluding hydrogens is 366 g/mol. The average molecular weight is 393 g/mol. The highest BCUT2D eigenvalue weighted by atomic mass is 16.5. The van der Waals surface area contributed by atoms with Crippen molar-refractivity contribution in [2.75, 3.05) is 20.3 Å². The standard InChI is InChI=1S/C24H27NO4/c1-23(2)16-24(13-15-29-23,17-8-10-18(28-3)11-9-17)12-14-25-21(26)19-6-4-5-7-20(19)22(25)27/h4-11H,12-16H2,1-3H3/t24-/m1/s1. The molecule has 5 nitrogen and oxygen atoms in total. The molecule has 29 heavy (non-hydrogen) atoms. The van der Waals surface area contributed by atoms with E-state index in [1.165, 1.54) is 10.5 Å². The lowest BCUT2D eigenvalue weighted by molar-refractivity contribution is -0.0846. The van der Waals surface area contributed by atoms with Gasteiger partial charge < -0.3 is 9.47 Å². The number of carbonyl (C=O) groups excluding carboxylic acids is 2. The van der Waals surface area contributed by atoms with Gasteiger partial charge in [0.2, 0.25) is 0 Å². The second-order valence-electron chi connectivity index (χ2n) is 8.60. The maximum Gasteiger partial charge on any atom is 0.261 e. The van der Waals surface area contributed by atoms with Crippen LogP contribution in [0.25, 0.3) is 0 Å². The Labute approximate surface area is 171 Å². The van der Waals surface area contributed by atoms with Crippen LogP contribution in [0.1, 0.15) is 59.4 Å². The number of ether oxygens (including phenoxy) is 2. The Bertz CT molecular complexity index is 899. The van der Waals surface area contributed by atoms with E-state index >= 15 is 0 Å². The first-order valence-corrected chi connectivity index (χ1v) is 10.1. The highest BCUT2D eigenvalue weighted by molar-refractivity contribution is 6.21. The fourth-order valence-corrected chi connectivity index (χ4v) is 4.79. The molecule has 0 aromatic heterocycles. The molecule has 152 valence electrons. The van der Waals surface area contributed by atoms with Gasteiger partial charge >= 0.3 is 0 Å². The molecule has 2 aromatic rings. The Morgan fingerprint density at radius 1 is 1.00 bits per heavy atom. The molecule has 2 aliphatic heterocycles. The van der Waals surface area contributed by atoms with Gasteiger partial charge in [0.1, 0.15) is 5.75 Å². The summed E-state index contributed by atoms with van der Waals surface area (Å²) in [6, 6.07) is 15.2. The van der Waals surface area contributed by atoms with Gasteiger partial charge in [-0.15, -0.1) is 0 Å². The van der Waals surface area contributed by atoms with E-state index in [9.17, 15) is 9.59 Å². The molecule has 2 amide bonds. The SMILES string of the molecule is COc1ccc([C@]2(CCN3C(=O)c4ccccc4C3=O)CCOC(C)(C)C2)cc1. The molecule has 2 heterocycles. The quantitative estimate of drug-likeness (QED) is 0.714. The Hall–Kier alpha value is -2.66. The molecule has 1 fully saturated rings. The summed E-state index contributed by atoms with van der Waals surface area (Å²) in [5.74, 6) is 0.430. The van der Waals surface area contributed by atoms with Gasteiger partial charge in [-0.2, -0.15) is 0 Å². The summed E-state index contributed by atoms with van der Waals surface area (Å²) in [6.07, 6.45) is 2.39. The third-order valence-corrected chi connectivity index (χ3v) is 6.23. The van der Waals surface area contributed by atoms with Gasteiger partial charge in [-0.05, 0) is 62.9 Å². The fourth-order valence-electron chi connectivity index (χ4n) is 4.79. The predicted molar refractivity (Wildman–Crippen MR) is 110 cm³/mol. The molecule has 2 aromatic carbocycles. The molecule has 0 radical (unpaired) electrons. The Morgan fingerprint density at radius 3 is 2.17 bits per heavy atom. The number of imide groups is 1. The van der Waals surface area contributed by atoms with Crippen molar-refractivity contribution in [3.8, 4) is 5.75 Å². The molecule has 0 spiro atoms. The Balaban J connectivity index is 1.61. The second-order valence-corrected chi connectivity index (χ2v) is 8.60. The fraction of sp³-hybridized carbons (Fsp3) is 0.417. The van der Waals surface area contributed by atoms with Crippen molar-refractivity contribution >= 4 is 11.8 Å². The van der Waals surface area contributed by atoms with Crippen molar-refractivity contribution in [3.63, 3.8) is 0 Å². The van der Waals surface area contributed by atoms with Crippen LogP contribution in [0.3, 0.4) is 0 Å². The molecule has 0 unspecified atom stereocenters. The lowest BCUT2D eigenvalue weighted by atomic mass is 9.67. The van der Waals surface area contributed by atoms with E-state index in [0.717, 1.165) is 18.6 Å². The van der Waals surface area contributed by atoms with Gasteiger partial charge in [-0.25, -0.2) is 0 Å². The van der Waals surface area contributed by atoms with Gasteiger partial charge in [0.05, 0.1) is 23.8 Å². The van der Waals surface area contributed by atoms with E-state index in [0.29, 0.717) is 30.7 Å². The maximum absolute atomic E-state index is 12.8. The molecule has 5 heteroatoms. The molecule has 2 aliphatic rings. The topological polar surface area (TPSA) is 55.8 Å². The average Bonchev–Trinajstić information content (AvgIpc) is 2.96. The minimum absolute atomic E-state index is 0.163. The summed E-state index contributed by atoms with van der Waals surface area (Å²) in [7, 11) is 1.66. The Morgan fingerprint density at radius 2 is 1.62 bits per heavy atom. The van der Waals surface area contributed by atoms with E-state index in [1.54, 1.807) is 31.4 Å². The normalized spacial score (nSPS) is 23.2. The van der Waals surface area contributed by atoms with Crippen molar-refractivity contribution in [1.82, 2.24) is 4.90 Å². The molecule has 4 rings (SSSR count). The van der Waals surface area contributed by atoms with Gasteiger partial charge in [0.25, 0.3) is 11.8 Å². The summed E-state index contributed by atoms with van der Waals surface area (Å²) in [5, 5.41) is 0. The number of carbonyl (C=O) groups is 2. The summed E-state index contributed by atoms with van der Waals surface area (Å²) in [6.45, 7) is 5.26. The van der Waals surface area contributed by atoms with Crippen LogP contribution < -0.4 is 4.74 Å². The zero-order valence-corrected chi connectivity index (χ0v) is 17.2. The molecular formula is C24H27NO4. The van der Waals surface area contributed by atoms with Crippen LogP contribution in [0.5, 0.6) is 5.75 Å². The van der Waals surface area contributed by atoms with E-state index in [1.807, 2.05) is 12.1 Å². The van der Waals surface area contributed by atoms with Crippen LogP contribution in [-0.4, -0.2) is 42.6 Å². The summed E-state index contributed by atoms with van der Waals surface area (Å²) in [5.41, 5.74) is 1.78. The zero-order valence-electron chi connectivity index (χ0n) is 17.2. The number of fused-ring (bicyclic) bond motifs is 1. The monoisotopic (exact) mass is 393 g/mol. The van der Waals surface area contributed by atoms with E-state index in [-0.39, 0.29) is 22.8 Å². The predicted octanol–water partition coefficient (Wildman–Crippen LogP) is 4.21. The Kier molecular flexibility index (Phi) is 4.95. The van der Waals surface area contributed by atoms with E-state index in [4.69, 9.17) is 9.47 Å². The largest absolute Gasteiger partial charge is 0.497 e. The summed E-state index contributed by atoms with van der Waals surface area (Å²) >= 11 is 0. The molecule has 1 saturated heterocycles. The summed E-state index contributed by atoms with van der Waals surface area (Å²) in [4.78, 5) is 27.0. The molecule has 0 bridgehead atoms. The molecule has 0 N–H and O–H groups in total. The van der Waals surface area contributed by atoms with Crippen LogP contribution in [0, 0.1) is 0 Å². The highest BCUT2D eigenvalue weighted by Gasteiger charge is 2.44. The lowest BCUT2D eigenvalue weighted by Crippen LogP contribution is -2.46. The number of rotatable bonds is 5. The van der Waals surface area contributed by atoms with Crippen molar-refractivity contribution in [3.05, 3.63) is 65.2 Å². The number of hydrogen-bond acceptors (Lipinski definition) is 4. The van der Waals surface area contributed by atoms with Gasteiger partial charge in [0, 0.05) is 18.6 Å². The van der Waals surface area contributed by atoms with Crippen LogP contribution in [-0.2, 0) is 10.2 Å².